The molecule has 0 radical (unpaired) electrons. The molecule has 0 atom stereocenters. The predicted octanol–water partition coefficient (Wildman–Crippen LogP) is 2.49. The second-order valence-electron chi connectivity index (χ2n) is 2.70. The van der Waals surface area contributed by atoms with Crippen LogP contribution in [0.5, 0.6) is 0 Å². The average Bonchev–Trinajstić information content (AvgIpc) is 2.75. The van der Waals surface area contributed by atoms with Crippen molar-refractivity contribution >= 4 is 22.7 Å². The van der Waals surface area contributed by atoms with Gasteiger partial charge in [-0.25, -0.2) is 0 Å². The van der Waals surface area contributed by atoms with E-state index >= 15 is 0 Å². The Bertz CT molecular complexity index is 292. The Morgan fingerprint density at radius 2 is 2.38 bits per heavy atom. The van der Waals surface area contributed by atoms with Crippen LogP contribution in [0.15, 0.2) is 28.5 Å². The van der Waals surface area contributed by atoms with E-state index in [0.29, 0.717) is 0 Å². The summed E-state index contributed by atoms with van der Waals surface area (Å²) in [6.45, 7) is 1.86. The van der Waals surface area contributed by atoms with E-state index in [1.807, 2.05) is 11.7 Å². The molecule has 2 heterocycles. The minimum absolute atomic E-state index is 0.917. The standard InChI is InChI=1S/C9H10N2S2/c1-2-12-6-8(1)3-10-4-9-5-11-7-13-9/h1-2,5-7,10H,3-4H2. The first kappa shape index (κ1) is 8.87. The largest absolute Gasteiger partial charge is 0.308 e. The first-order valence-corrected chi connectivity index (χ1v) is 5.86. The molecule has 0 fully saturated rings. The van der Waals surface area contributed by atoms with E-state index in [1.165, 1.54) is 10.4 Å². The van der Waals surface area contributed by atoms with Crippen LogP contribution in [-0.2, 0) is 13.1 Å². The molecule has 0 saturated carbocycles. The highest BCUT2D eigenvalue weighted by atomic mass is 32.1. The Morgan fingerprint density at radius 3 is 3.08 bits per heavy atom. The quantitative estimate of drug-likeness (QED) is 0.838. The molecule has 4 heteroatoms. The summed E-state index contributed by atoms with van der Waals surface area (Å²) in [7, 11) is 0. The summed E-state index contributed by atoms with van der Waals surface area (Å²) < 4.78 is 0. The number of hydrogen-bond donors (Lipinski definition) is 1. The SMILES string of the molecule is c1cc(CNCc2cncs2)cs1. The molecule has 2 rings (SSSR count). The number of rotatable bonds is 4. The summed E-state index contributed by atoms with van der Waals surface area (Å²) in [5.74, 6) is 0. The van der Waals surface area contributed by atoms with Gasteiger partial charge in [0.15, 0.2) is 0 Å². The first-order chi connectivity index (χ1) is 6.45. The lowest BCUT2D eigenvalue weighted by Gasteiger charge is -1.99. The number of thiophene rings is 1. The lowest BCUT2D eigenvalue weighted by molar-refractivity contribution is 0.701. The highest BCUT2D eigenvalue weighted by Crippen LogP contribution is 2.07. The van der Waals surface area contributed by atoms with Crippen LogP contribution >= 0.6 is 22.7 Å². The van der Waals surface area contributed by atoms with Crippen molar-refractivity contribution in [3.63, 3.8) is 0 Å². The molecule has 0 aromatic carbocycles. The second-order valence-corrected chi connectivity index (χ2v) is 4.45. The zero-order valence-electron chi connectivity index (χ0n) is 7.06. The smallest absolute Gasteiger partial charge is 0.0794 e. The third kappa shape index (κ3) is 2.62. The van der Waals surface area contributed by atoms with Crippen molar-refractivity contribution in [3.8, 4) is 0 Å². The van der Waals surface area contributed by atoms with Gasteiger partial charge in [0.25, 0.3) is 0 Å². The van der Waals surface area contributed by atoms with Gasteiger partial charge in [0.1, 0.15) is 0 Å². The van der Waals surface area contributed by atoms with Gasteiger partial charge in [-0.05, 0) is 22.4 Å². The molecule has 0 amide bonds. The molecule has 0 spiro atoms. The van der Waals surface area contributed by atoms with Gasteiger partial charge < -0.3 is 5.32 Å². The highest BCUT2D eigenvalue weighted by molar-refractivity contribution is 7.09. The maximum atomic E-state index is 4.02. The van der Waals surface area contributed by atoms with Crippen molar-refractivity contribution in [1.29, 1.82) is 0 Å². The molecule has 0 aliphatic carbocycles. The summed E-state index contributed by atoms with van der Waals surface area (Å²) >= 11 is 3.43. The van der Waals surface area contributed by atoms with Crippen molar-refractivity contribution in [2.24, 2.45) is 0 Å². The average molecular weight is 210 g/mol. The molecule has 0 aliphatic rings. The number of nitrogens with one attached hydrogen (secondary N) is 1. The van der Waals surface area contributed by atoms with Crippen LogP contribution in [0.1, 0.15) is 10.4 Å². The van der Waals surface area contributed by atoms with Crippen LogP contribution in [0, 0.1) is 0 Å². The summed E-state index contributed by atoms with van der Waals surface area (Å²) in [4.78, 5) is 5.31. The van der Waals surface area contributed by atoms with Gasteiger partial charge in [-0.2, -0.15) is 11.3 Å². The fourth-order valence-corrected chi connectivity index (χ4v) is 2.29. The number of aromatic nitrogens is 1. The van der Waals surface area contributed by atoms with Crippen LogP contribution in [0.25, 0.3) is 0 Å². The molecule has 0 unspecified atom stereocenters. The molecular weight excluding hydrogens is 200 g/mol. The third-order valence-corrected chi connectivity index (χ3v) is 3.20. The van der Waals surface area contributed by atoms with Gasteiger partial charge in [0.05, 0.1) is 5.51 Å². The Kier molecular flexibility index (Phi) is 3.07. The summed E-state index contributed by atoms with van der Waals surface area (Å²) in [6, 6.07) is 2.14. The molecule has 2 nitrogen and oxygen atoms in total. The van der Waals surface area contributed by atoms with Crippen LogP contribution < -0.4 is 5.32 Å². The Labute approximate surface area is 85.3 Å². The molecular formula is C9H10N2S2. The Morgan fingerprint density at radius 1 is 1.38 bits per heavy atom. The molecule has 0 aliphatic heterocycles. The van der Waals surface area contributed by atoms with Gasteiger partial charge in [-0.15, -0.1) is 11.3 Å². The molecule has 1 N–H and O–H groups in total. The molecule has 2 aromatic heterocycles. The van der Waals surface area contributed by atoms with Gasteiger partial charge in [0.2, 0.25) is 0 Å². The van der Waals surface area contributed by atoms with E-state index in [0.717, 1.165) is 13.1 Å². The number of hydrogen-bond acceptors (Lipinski definition) is 4. The zero-order valence-corrected chi connectivity index (χ0v) is 8.70. The monoisotopic (exact) mass is 210 g/mol. The van der Waals surface area contributed by atoms with E-state index in [1.54, 1.807) is 22.7 Å². The first-order valence-electron chi connectivity index (χ1n) is 4.04. The van der Waals surface area contributed by atoms with Crippen molar-refractivity contribution in [2.45, 2.75) is 13.1 Å². The van der Waals surface area contributed by atoms with E-state index in [2.05, 4.69) is 27.1 Å². The fraction of sp³-hybridized carbons (Fsp3) is 0.222. The Hall–Kier alpha value is -0.710. The van der Waals surface area contributed by atoms with Crippen molar-refractivity contribution in [1.82, 2.24) is 10.3 Å². The van der Waals surface area contributed by atoms with E-state index in [4.69, 9.17) is 0 Å². The second kappa shape index (κ2) is 4.50. The molecule has 0 saturated heterocycles. The van der Waals surface area contributed by atoms with Crippen LogP contribution in [-0.4, -0.2) is 4.98 Å². The highest BCUT2D eigenvalue weighted by Gasteiger charge is 1.94. The number of thiazole rings is 1. The summed E-state index contributed by atoms with van der Waals surface area (Å²) in [5.41, 5.74) is 3.22. The lowest BCUT2D eigenvalue weighted by atomic mass is 10.3. The maximum Gasteiger partial charge on any atom is 0.0794 e. The molecule has 0 bridgehead atoms. The van der Waals surface area contributed by atoms with E-state index < -0.39 is 0 Å². The van der Waals surface area contributed by atoms with E-state index in [9.17, 15) is 0 Å². The van der Waals surface area contributed by atoms with E-state index in [-0.39, 0.29) is 0 Å². The molecule has 68 valence electrons. The maximum absolute atomic E-state index is 4.02. The minimum Gasteiger partial charge on any atom is -0.308 e. The van der Waals surface area contributed by atoms with Crippen LogP contribution in [0.4, 0.5) is 0 Å². The number of nitrogens with zero attached hydrogens (tertiary/aromatic N) is 1. The van der Waals surface area contributed by atoms with Gasteiger partial charge >= 0.3 is 0 Å². The summed E-state index contributed by atoms with van der Waals surface area (Å²) in [5, 5.41) is 7.63. The van der Waals surface area contributed by atoms with Gasteiger partial charge in [0, 0.05) is 24.2 Å². The topological polar surface area (TPSA) is 24.9 Å². The van der Waals surface area contributed by atoms with Crippen molar-refractivity contribution in [3.05, 3.63) is 39.0 Å². The predicted molar refractivity (Wildman–Crippen MR) is 57.0 cm³/mol. The van der Waals surface area contributed by atoms with Crippen LogP contribution in [0.2, 0.25) is 0 Å². The van der Waals surface area contributed by atoms with Gasteiger partial charge in [-0.3, -0.25) is 4.98 Å². The fourth-order valence-electron chi connectivity index (χ4n) is 1.05. The summed E-state index contributed by atoms with van der Waals surface area (Å²) in [6.07, 6.45) is 1.91. The third-order valence-electron chi connectivity index (χ3n) is 1.69. The van der Waals surface area contributed by atoms with Crippen molar-refractivity contribution < 1.29 is 0 Å². The van der Waals surface area contributed by atoms with Crippen molar-refractivity contribution in [2.75, 3.05) is 0 Å². The molecule has 2 aromatic rings. The zero-order chi connectivity index (χ0) is 8.93. The Balaban J connectivity index is 1.76. The normalized spacial score (nSPS) is 10.5. The lowest BCUT2D eigenvalue weighted by Crippen LogP contribution is -2.10. The van der Waals surface area contributed by atoms with Gasteiger partial charge in [-0.1, -0.05) is 0 Å². The molecule has 13 heavy (non-hydrogen) atoms. The van der Waals surface area contributed by atoms with Crippen LogP contribution in [0.3, 0.4) is 0 Å². The minimum atomic E-state index is 0.917.